The monoisotopic (exact) mass is 511 g/mol. The van der Waals surface area contributed by atoms with Gasteiger partial charge < -0.3 is 10.6 Å². The lowest BCUT2D eigenvalue weighted by Crippen LogP contribution is -2.37. The summed E-state index contributed by atoms with van der Waals surface area (Å²) in [7, 11) is -3.84. The Morgan fingerprint density at radius 3 is 2.42 bits per heavy atom. The van der Waals surface area contributed by atoms with E-state index >= 15 is 0 Å². The molecule has 2 amide bonds. The number of halogens is 1. The molecule has 0 aliphatic heterocycles. The standard InChI is InChI=1S/C28H34FN3O3S/c1-6-21(22-12-14-23(29)15-13-22)18-28(4,5)36(34,35)32-26-17-24(16-11-20(26)3)30-27(33)31-25-10-8-7-9-19(25)2/h6,8,10-17,32H,7,9,18H2,1-5H3,(H2,30,31,33). The minimum absolute atomic E-state index is 0.228. The van der Waals surface area contributed by atoms with E-state index in [9.17, 15) is 17.6 Å². The summed E-state index contributed by atoms with van der Waals surface area (Å²) in [4.78, 5) is 12.5. The molecular formula is C28H34FN3O3S. The van der Waals surface area contributed by atoms with Gasteiger partial charge in [0, 0.05) is 11.4 Å². The quantitative estimate of drug-likeness (QED) is 0.360. The van der Waals surface area contributed by atoms with Gasteiger partial charge in [-0.1, -0.05) is 30.4 Å². The fourth-order valence-corrected chi connectivity index (χ4v) is 5.02. The number of hydrogen-bond acceptors (Lipinski definition) is 3. The minimum Gasteiger partial charge on any atom is -0.308 e. The van der Waals surface area contributed by atoms with Crippen molar-refractivity contribution in [3.8, 4) is 0 Å². The SMILES string of the molecule is CC=C(CC(C)(C)S(=O)(=O)Nc1cc(NC(=O)NC2=C(C)CCC=C2)ccc1C)c1ccc(F)cc1. The van der Waals surface area contributed by atoms with Gasteiger partial charge in [0.15, 0.2) is 0 Å². The first-order valence-electron chi connectivity index (χ1n) is 11.9. The third-order valence-electron chi connectivity index (χ3n) is 6.33. The number of allylic oxidation sites excluding steroid dienone is 5. The number of benzene rings is 2. The largest absolute Gasteiger partial charge is 0.323 e. The van der Waals surface area contributed by atoms with Crippen LogP contribution in [0.25, 0.3) is 5.57 Å². The van der Waals surface area contributed by atoms with Gasteiger partial charge in [0.05, 0.1) is 10.4 Å². The number of nitrogens with one attached hydrogen (secondary N) is 3. The first-order valence-corrected chi connectivity index (χ1v) is 13.4. The first kappa shape index (κ1) is 27.2. The van der Waals surface area contributed by atoms with Crippen molar-refractivity contribution in [2.24, 2.45) is 0 Å². The molecule has 1 aliphatic rings. The molecule has 0 aromatic heterocycles. The summed E-state index contributed by atoms with van der Waals surface area (Å²) < 4.78 is 41.7. The molecule has 0 radical (unpaired) electrons. The number of hydrogen-bond donors (Lipinski definition) is 3. The second kappa shape index (κ2) is 11.1. The number of carbonyl (C=O) groups excluding carboxylic acids is 1. The number of anilines is 2. The van der Waals surface area contributed by atoms with Crippen LogP contribution < -0.4 is 15.4 Å². The summed E-state index contributed by atoms with van der Waals surface area (Å²) in [5.41, 5.74) is 5.02. The summed E-state index contributed by atoms with van der Waals surface area (Å²) in [5, 5.41) is 5.62. The predicted molar refractivity (Wildman–Crippen MR) is 146 cm³/mol. The van der Waals surface area contributed by atoms with Crippen molar-refractivity contribution in [2.75, 3.05) is 10.0 Å². The molecule has 0 atom stereocenters. The summed E-state index contributed by atoms with van der Waals surface area (Å²) >= 11 is 0. The summed E-state index contributed by atoms with van der Waals surface area (Å²) in [6.45, 7) is 8.92. The highest BCUT2D eigenvalue weighted by Crippen LogP contribution is 2.33. The molecule has 0 fully saturated rings. The fraction of sp³-hybridized carbons (Fsp3) is 0.321. The summed E-state index contributed by atoms with van der Waals surface area (Å²) in [5.74, 6) is -0.345. The van der Waals surface area contributed by atoms with Crippen LogP contribution in [-0.4, -0.2) is 19.2 Å². The van der Waals surface area contributed by atoms with E-state index in [4.69, 9.17) is 0 Å². The van der Waals surface area contributed by atoms with E-state index in [0.29, 0.717) is 11.4 Å². The van der Waals surface area contributed by atoms with Gasteiger partial charge in [0.25, 0.3) is 0 Å². The molecule has 2 aromatic rings. The second-order valence-electron chi connectivity index (χ2n) is 9.61. The van der Waals surface area contributed by atoms with Crippen molar-refractivity contribution in [1.29, 1.82) is 0 Å². The molecule has 0 saturated heterocycles. The van der Waals surface area contributed by atoms with E-state index in [-0.39, 0.29) is 12.2 Å². The van der Waals surface area contributed by atoms with Crippen LogP contribution in [0.1, 0.15) is 58.1 Å². The third kappa shape index (κ3) is 6.63. The molecule has 3 rings (SSSR count). The average molecular weight is 512 g/mol. The van der Waals surface area contributed by atoms with Crippen LogP contribution in [0.4, 0.5) is 20.6 Å². The van der Waals surface area contributed by atoms with Crippen LogP contribution in [0, 0.1) is 12.7 Å². The minimum atomic E-state index is -3.84. The molecule has 0 saturated carbocycles. The van der Waals surface area contributed by atoms with Gasteiger partial charge in [0.1, 0.15) is 5.82 Å². The highest BCUT2D eigenvalue weighted by Gasteiger charge is 2.35. The molecular weight excluding hydrogens is 477 g/mol. The second-order valence-corrected chi connectivity index (χ2v) is 11.9. The zero-order chi connectivity index (χ0) is 26.5. The van der Waals surface area contributed by atoms with E-state index < -0.39 is 20.8 Å². The van der Waals surface area contributed by atoms with E-state index in [1.165, 1.54) is 12.1 Å². The molecule has 6 nitrogen and oxygen atoms in total. The lowest BCUT2D eigenvalue weighted by atomic mass is 9.95. The van der Waals surface area contributed by atoms with Gasteiger partial charge >= 0.3 is 6.03 Å². The molecule has 0 bridgehead atoms. The lowest BCUT2D eigenvalue weighted by Gasteiger charge is -2.27. The van der Waals surface area contributed by atoms with Crippen molar-refractivity contribution in [3.63, 3.8) is 0 Å². The number of sulfonamides is 1. The van der Waals surface area contributed by atoms with E-state index in [1.807, 2.05) is 32.1 Å². The zero-order valence-electron chi connectivity index (χ0n) is 21.4. The van der Waals surface area contributed by atoms with Crippen molar-refractivity contribution >= 4 is 33.0 Å². The third-order valence-corrected chi connectivity index (χ3v) is 8.41. The van der Waals surface area contributed by atoms with E-state index in [0.717, 1.165) is 40.8 Å². The Hall–Kier alpha value is -3.39. The number of aryl methyl sites for hydroxylation is 1. The predicted octanol–water partition coefficient (Wildman–Crippen LogP) is 6.89. The fourth-order valence-electron chi connectivity index (χ4n) is 3.89. The Labute approximate surface area is 213 Å². The molecule has 8 heteroatoms. The molecule has 1 aliphatic carbocycles. The maximum Gasteiger partial charge on any atom is 0.323 e. The van der Waals surface area contributed by atoms with Crippen molar-refractivity contribution in [2.45, 2.75) is 58.6 Å². The van der Waals surface area contributed by atoms with Gasteiger partial charge in [-0.2, -0.15) is 0 Å². The van der Waals surface area contributed by atoms with Crippen LogP contribution in [0.15, 0.2) is 72.0 Å². The van der Waals surface area contributed by atoms with Gasteiger partial charge in [-0.15, -0.1) is 0 Å². The zero-order valence-corrected chi connectivity index (χ0v) is 22.2. The highest BCUT2D eigenvalue weighted by molar-refractivity contribution is 7.94. The first-order chi connectivity index (χ1) is 16.9. The molecule has 0 unspecified atom stereocenters. The summed E-state index contributed by atoms with van der Waals surface area (Å²) in [6.07, 6.45) is 7.83. The molecule has 3 N–H and O–H groups in total. The Balaban J connectivity index is 1.75. The maximum absolute atomic E-state index is 13.4. The molecule has 0 heterocycles. The van der Waals surface area contributed by atoms with Crippen molar-refractivity contribution < 1.29 is 17.6 Å². The van der Waals surface area contributed by atoms with E-state index in [2.05, 4.69) is 15.4 Å². The molecule has 0 spiro atoms. The van der Waals surface area contributed by atoms with Crippen LogP contribution in [0.3, 0.4) is 0 Å². The smallest absolute Gasteiger partial charge is 0.308 e. The number of rotatable bonds is 8. The van der Waals surface area contributed by atoms with Gasteiger partial charge in [-0.25, -0.2) is 17.6 Å². The normalized spacial score (nSPS) is 14.6. The number of urea groups is 1. The average Bonchev–Trinajstić information content (AvgIpc) is 2.81. The van der Waals surface area contributed by atoms with Gasteiger partial charge in [-0.3, -0.25) is 4.72 Å². The Morgan fingerprint density at radius 2 is 1.78 bits per heavy atom. The molecule has 2 aromatic carbocycles. The molecule has 192 valence electrons. The summed E-state index contributed by atoms with van der Waals surface area (Å²) in [6, 6.07) is 10.7. The number of carbonyl (C=O) groups is 1. The Morgan fingerprint density at radius 1 is 1.08 bits per heavy atom. The van der Waals surface area contributed by atoms with Crippen molar-refractivity contribution in [3.05, 3.63) is 88.9 Å². The van der Waals surface area contributed by atoms with E-state index in [1.54, 1.807) is 51.1 Å². The highest BCUT2D eigenvalue weighted by atomic mass is 32.2. The van der Waals surface area contributed by atoms with Crippen LogP contribution in [0.5, 0.6) is 0 Å². The van der Waals surface area contributed by atoms with Gasteiger partial charge in [0.2, 0.25) is 10.0 Å². The van der Waals surface area contributed by atoms with Crippen LogP contribution in [0.2, 0.25) is 0 Å². The van der Waals surface area contributed by atoms with Crippen molar-refractivity contribution in [1.82, 2.24) is 5.32 Å². The topological polar surface area (TPSA) is 87.3 Å². The lowest BCUT2D eigenvalue weighted by molar-refractivity contribution is 0.254. The Bertz CT molecular complexity index is 1320. The van der Waals surface area contributed by atoms with Crippen LogP contribution in [-0.2, 0) is 10.0 Å². The number of amides is 2. The van der Waals surface area contributed by atoms with Crippen LogP contribution >= 0.6 is 0 Å². The molecule has 36 heavy (non-hydrogen) atoms. The maximum atomic E-state index is 13.4. The van der Waals surface area contributed by atoms with Gasteiger partial charge in [-0.05, 0) is 106 Å². The Kier molecular flexibility index (Phi) is 8.40.